The highest BCUT2D eigenvalue weighted by atomic mass is 35.5. The molecule has 4 nitrogen and oxygen atoms in total. The summed E-state index contributed by atoms with van der Waals surface area (Å²) in [7, 11) is 0. The maximum absolute atomic E-state index is 11.6. The summed E-state index contributed by atoms with van der Waals surface area (Å²) in [5.41, 5.74) is 5.74. The number of carbonyl (C=O) groups excluding carboxylic acids is 1. The summed E-state index contributed by atoms with van der Waals surface area (Å²) in [6.45, 7) is 9.97. The summed E-state index contributed by atoms with van der Waals surface area (Å²) in [6, 6.07) is -0.0778. The SMILES string of the molecule is CC(N)CC(=O)NCC1CCCOC1C(C)(C)C.Cl. The zero-order valence-corrected chi connectivity index (χ0v) is 13.4. The van der Waals surface area contributed by atoms with Crippen LogP contribution in [0.15, 0.2) is 0 Å². The Hall–Kier alpha value is -0.320. The van der Waals surface area contributed by atoms with Gasteiger partial charge in [-0.3, -0.25) is 4.79 Å². The Kier molecular flexibility index (Phi) is 7.94. The summed E-state index contributed by atoms with van der Waals surface area (Å²) >= 11 is 0. The van der Waals surface area contributed by atoms with Gasteiger partial charge >= 0.3 is 0 Å². The van der Waals surface area contributed by atoms with Gasteiger partial charge in [0, 0.05) is 31.5 Å². The van der Waals surface area contributed by atoms with Gasteiger partial charge in [0.25, 0.3) is 0 Å². The van der Waals surface area contributed by atoms with Crippen LogP contribution in [0.1, 0.15) is 47.0 Å². The van der Waals surface area contributed by atoms with E-state index in [2.05, 4.69) is 26.1 Å². The van der Waals surface area contributed by atoms with Gasteiger partial charge in [-0.1, -0.05) is 20.8 Å². The normalized spacial score (nSPS) is 25.3. The lowest BCUT2D eigenvalue weighted by Gasteiger charge is -2.40. The van der Waals surface area contributed by atoms with Crippen molar-refractivity contribution in [3.05, 3.63) is 0 Å². The lowest BCUT2D eigenvalue weighted by Crippen LogP contribution is -2.45. The molecule has 3 N–H and O–H groups in total. The van der Waals surface area contributed by atoms with Crippen LogP contribution in [0.4, 0.5) is 0 Å². The standard InChI is InChI=1S/C14H28N2O2.ClH/c1-10(15)8-12(17)16-9-11-6-5-7-18-13(11)14(2,3)4;/h10-11,13H,5-9,15H2,1-4H3,(H,16,17);1H. The Balaban J connectivity index is 0.00000324. The van der Waals surface area contributed by atoms with Crippen LogP contribution in [0.2, 0.25) is 0 Å². The number of nitrogens with two attached hydrogens (primary N) is 1. The lowest BCUT2D eigenvalue weighted by molar-refractivity contribution is -0.123. The van der Waals surface area contributed by atoms with Crippen LogP contribution in [0.25, 0.3) is 0 Å². The second-order valence-electron chi connectivity index (χ2n) is 6.55. The quantitative estimate of drug-likeness (QED) is 0.834. The van der Waals surface area contributed by atoms with Crippen molar-refractivity contribution in [2.45, 2.75) is 59.1 Å². The summed E-state index contributed by atoms with van der Waals surface area (Å²) in [6.07, 6.45) is 2.83. The molecule has 1 aliphatic heterocycles. The van der Waals surface area contributed by atoms with Crippen LogP contribution >= 0.6 is 12.4 Å². The van der Waals surface area contributed by atoms with Crippen molar-refractivity contribution in [1.82, 2.24) is 5.32 Å². The Morgan fingerprint density at radius 2 is 2.11 bits per heavy atom. The van der Waals surface area contributed by atoms with Gasteiger partial charge in [-0.05, 0) is 25.2 Å². The van der Waals surface area contributed by atoms with E-state index in [0.29, 0.717) is 18.9 Å². The molecule has 1 rings (SSSR count). The molecule has 0 radical (unpaired) electrons. The van der Waals surface area contributed by atoms with Crippen molar-refractivity contribution in [2.75, 3.05) is 13.2 Å². The number of nitrogens with one attached hydrogen (secondary N) is 1. The van der Waals surface area contributed by atoms with Crippen LogP contribution in [0, 0.1) is 11.3 Å². The highest BCUT2D eigenvalue weighted by Crippen LogP contribution is 2.33. The predicted molar refractivity (Wildman–Crippen MR) is 80.4 cm³/mol. The van der Waals surface area contributed by atoms with Gasteiger partial charge in [-0.15, -0.1) is 12.4 Å². The minimum absolute atomic E-state index is 0. The number of halogens is 1. The smallest absolute Gasteiger partial charge is 0.221 e. The minimum Gasteiger partial charge on any atom is -0.377 e. The Morgan fingerprint density at radius 3 is 2.63 bits per heavy atom. The van der Waals surface area contributed by atoms with Gasteiger partial charge in [-0.2, -0.15) is 0 Å². The van der Waals surface area contributed by atoms with E-state index >= 15 is 0 Å². The van der Waals surface area contributed by atoms with Crippen LogP contribution < -0.4 is 11.1 Å². The molecule has 0 aromatic rings. The first-order valence-electron chi connectivity index (χ1n) is 6.94. The maximum atomic E-state index is 11.6. The van der Waals surface area contributed by atoms with E-state index in [0.717, 1.165) is 19.4 Å². The Bertz CT molecular complexity index is 277. The lowest BCUT2D eigenvalue weighted by atomic mass is 9.78. The number of rotatable bonds is 4. The van der Waals surface area contributed by atoms with Gasteiger partial charge in [0.1, 0.15) is 0 Å². The molecule has 0 saturated carbocycles. The first-order chi connectivity index (χ1) is 8.30. The summed E-state index contributed by atoms with van der Waals surface area (Å²) in [5, 5.41) is 2.99. The molecule has 3 unspecified atom stereocenters. The minimum atomic E-state index is -0.0778. The number of amides is 1. The van der Waals surface area contributed by atoms with Crippen LogP contribution in [-0.2, 0) is 9.53 Å². The van der Waals surface area contributed by atoms with Crippen LogP contribution in [0.5, 0.6) is 0 Å². The average Bonchev–Trinajstić information content (AvgIpc) is 2.24. The molecule has 1 fully saturated rings. The van der Waals surface area contributed by atoms with Crippen molar-refractivity contribution in [3.8, 4) is 0 Å². The largest absolute Gasteiger partial charge is 0.377 e. The number of hydrogen-bond acceptors (Lipinski definition) is 3. The van der Waals surface area contributed by atoms with Gasteiger partial charge in [-0.25, -0.2) is 0 Å². The number of carbonyl (C=O) groups is 1. The molecule has 19 heavy (non-hydrogen) atoms. The topological polar surface area (TPSA) is 64.4 Å². The molecule has 114 valence electrons. The fourth-order valence-corrected chi connectivity index (χ4v) is 2.62. The van der Waals surface area contributed by atoms with Gasteiger partial charge in [0.05, 0.1) is 6.10 Å². The van der Waals surface area contributed by atoms with Crippen molar-refractivity contribution in [2.24, 2.45) is 17.1 Å². The predicted octanol–water partition coefficient (Wildman–Crippen LogP) is 2.10. The number of hydrogen-bond donors (Lipinski definition) is 2. The van der Waals surface area contributed by atoms with E-state index in [1.165, 1.54) is 0 Å². The summed E-state index contributed by atoms with van der Waals surface area (Å²) < 4.78 is 5.89. The molecule has 0 aromatic heterocycles. The van der Waals surface area contributed by atoms with Gasteiger partial charge in [0.2, 0.25) is 5.91 Å². The van der Waals surface area contributed by atoms with E-state index in [1.54, 1.807) is 0 Å². The fourth-order valence-electron chi connectivity index (χ4n) is 2.62. The van der Waals surface area contributed by atoms with Crippen molar-refractivity contribution >= 4 is 18.3 Å². The van der Waals surface area contributed by atoms with E-state index in [-0.39, 0.29) is 35.9 Å². The van der Waals surface area contributed by atoms with E-state index in [4.69, 9.17) is 10.5 Å². The second-order valence-corrected chi connectivity index (χ2v) is 6.55. The summed E-state index contributed by atoms with van der Waals surface area (Å²) in [5.74, 6) is 0.457. The molecule has 5 heteroatoms. The zero-order chi connectivity index (χ0) is 13.8. The third kappa shape index (κ3) is 6.59. The zero-order valence-electron chi connectivity index (χ0n) is 12.6. The molecule has 1 amide bonds. The molecule has 0 aromatic carbocycles. The van der Waals surface area contributed by atoms with E-state index < -0.39 is 0 Å². The number of ether oxygens (including phenoxy) is 1. The molecule has 0 spiro atoms. The average molecular weight is 293 g/mol. The molecular weight excluding hydrogens is 264 g/mol. The first kappa shape index (κ1) is 18.7. The third-order valence-electron chi connectivity index (χ3n) is 3.37. The first-order valence-corrected chi connectivity index (χ1v) is 6.94. The highest BCUT2D eigenvalue weighted by molar-refractivity contribution is 5.85. The molecule has 0 aliphatic carbocycles. The second kappa shape index (κ2) is 8.08. The molecule has 1 heterocycles. The molecule has 1 aliphatic rings. The van der Waals surface area contributed by atoms with Crippen molar-refractivity contribution in [1.29, 1.82) is 0 Å². The monoisotopic (exact) mass is 292 g/mol. The third-order valence-corrected chi connectivity index (χ3v) is 3.37. The van der Waals surface area contributed by atoms with Crippen LogP contribution in [0.3, 0.4) is 0 Å². The Labute approximate surface area is 123 Å². The maximum Gasteiger partial charge on any atom is 0.221 e. The van der Waals surface area contributed by atoms with Crippen molar-refractivity contribution in [3.63, 3.8) is 0 Å². The van der Waals surface area contributed by atoms with Crippen LogP contribution in [-0.4, -0.2) is 31.2 Å². The molecular formula is C14H29ClN2O2. The van der Waals surface area contributed by atoms with E-state index in [9.17, 15) is 4.79 Å². The van der Waals surface area contributed by atoms with Crippen molar-refractivity contribution < 1.29 is 9.53 Å². The van der Waals surface area contributed by atoms with Gasteiger partial charge < -0.3 is 15.8 Å². The highest BCUT2D eigenvalue weighted by Gasteiger charge is 2.35. The molecule has 0 bridgehead atoms. The Morgan fingerprint density at radius 1 is 1.47 bits per heavy atom. The molecule has 1 saturated heterocycles. The fraction of sp³-hybridized carbons (Fsp3) is 0.929. The summed E-state index contributed by atoms with van der Waals surface area (Å²) in [4.78, 5) is 11.6. The molecule has 3 atom stereocenters. The van der Waals surface area contributed by atoms with E-state index in [1.807, 2.05) is 6.92 Å². The van der Waals surface area contributed by atoms with Gasteiger partial charge in [0.15, 0.2) is 0 Å².